The molecule has 2 unspecified atom stereocenters. The molecule has 2 fully saturated rings. The van der Waals surface area contributed by atoms with Gasteiger partial charge in [-0.3, -0.25) is 4.99 Å². The second-order valence-corrected chi connectivity index (χ2v) is 4.31. The fraction of sp³-hybridized carbons (Fsp3) is 0.778. The van der Waals surface area contributed by atoms with E-state index in [-0.39, 0.29) is 18.4 Å². The Labute approximate surface area is 94.9 Å². The molecular weight excluding hydrogens is 208 g/mol. The third-order valence-electron chi connectivity index (χ3n) is 2.73. The molecule has 3 N–H and O–H groups in total. The Hall–Kier alpha value is -1.50. The molecule has 2 atom stereocenters. The van der Waals surface area contributed by atoms with Crippen molar-refractivity contribution in [3.8, 4) is 0 Å². The molecule has 0 bridgehead atoms. The number of aliphatic imine (C=N–C) groups is 1. The largest absolute Gasteiger partial charge is 0.333 e. The summed E-state index contributed by atoms with van der Waals surface area (Å²) in [6.07, 6.45) is -0.110. The van der Waals surface area contributed by atoms with Crippen LogP contribution < -0.4 is 16.0 Å². The number of carbonyl (C=O) groups excluding carboxylic acids is 1. The summed E-state index contributed by atoms with van der Waals surface area (Å²) in [5.74, 6) is 0.753. The van der Waals surface area contributed by atoms with Crippen molar-refractivity contribution < 1.29 is 4.79 Å². The van der Waals surface area contributed by atoms with Crippen LogP contribution in [0.25, 0.3) is 0 Å². The van der Waals surface area contributed by atoms with Gasteiger partial charge in [0.05, 0.1) is 6.54 Å². The molecule has 7 nitrogen and oxygen atoms in total. The Kier molecular flexibility index (Phi) is 2.86. The van der Waals surface area contributed by atoms with Crippen molar-refractivity contribution in [1.82, 2.24) is 25.8 Å². The molecule has 2 rings (SSSR count). The molecule has 0 spiro atoms. The molecule has 7 heteroatoms. The minimum absolute atomic E-state index is 0.0365. The quantitative estimate of drug-likeness (QED) is 0.542. The molecule has 0 radical (unpaired) electrons. The summed E-state index contributed by atoms with van der Waals surface area (Å²) in [6.45, 7) is 1.64. The van der Waals surface area contributed by atoms with Gasteiger partial charge >= 0.3 is 6.03 Å². The van der Waals surface area contributed by atoms with E-state index in [1.165, 1.54) is 0 Å². The van der Waals surface area contributed by atoms with Crippen LogP contribution in [0.2, 0.25) is 0 Å². The van der Waals surface area contributed by atoms with Gasteiger partial charge in [-0.05, 0) is 14.1 Å². The summed E-state index contributed by atoms with van der Waals surface area (Å²) in [7, 11) is 5.79. The van der Waals surface area contributed by atoms with E-state index >= 15 is 0 Å². The summed E-state index contributed by atoms with van der Waals surface area (Å²) in [5, 5.41) is 9.12. The van der Waals surface area contributed by atoms with Crippen molar-refractivity contribution in [1.29, 1.82) is 0 Å². The van der Waals surface area contributed by atoms with Crippen LogP contribution in [-0.2, 0) is 0 Å². The zero-order chi connectivity index (χ0) is 11.7. The van der Waals surface area contributed by atoms with Crippen molar-refractivity contribution in [2.75, 3.05) is 34.2 Å². The predicted molar refractivity (Wildman–Crippen MR) is 61.0 cm³/mol. The highest BCUT2D eigenvalue weighted by Crippen LogP contribution is 2.10. The van der Waals surface area contributed by atoms with Crippen LogP contribution in [0, 0.1) is 0 Å². The topological polar surface area (TPSA) is 72.0 Å². The molecule has 0 aromatic carbocycles. The summed E-state index contributed by atoms with van der Waals surface area (Å²) in [5.41, 5.74) is 0. The summed E-state index contributed by atoms with van der Waals surface area (Å²) >= 11 is 0. The number of nitrogens with zero attached hydrogens (tertiary/aromatic N) is 3. The number of nitrogens with one attached hydrogen (secondary N) is 3. The lowest BCUT2D eigenvalue weighted by Crippen LogP contribution is -2.41. The van der Waals surface area contributed by atoms with Gasteiger partial charge in [0.1, 0.15) is 12.3 Å². The van der Waals surface area contributed by atoms with E-state index < -0.39 is 0 Å². The normalized spacial score (nSPS) is 30.4. The van der Waals surface area contributed by atoms with E-state index in [1.807, 2.05) is 14.1 Å². The highest BCUT2D eigenvalue weighted by molar-refractivity contribution is 5.87. The van der Waals surface area contributed by atoms with E-state index in [9.17, 15) is 4.79 Å². The van der Waals surface area contributed by atoms with Crippen LogP contribution in [0.1, 0.15) is 0 Å². The number of fused-ring (bicyclic) bond motifs is 1. The van der Waals surface area contributed by atoms with E-state index in [1.54, 1.807) is 11.9 Å². The maximum Gasteiger partial charge on any atom is 0.320 e. The Bertz CT molecular complexity index is 315. The maximum atomic E-state index is 11.3. The van der Waals surface area contributed by atoms with E-state index in [0.29, 0.717) is 0 Å². The van der Waals surface area contributed by atoms with Crippen LogP contribution in [-0.4, -0.2) is 68.4 Å². The van der Waals surface area contributed by atoms with Crippen molar-refractivity contribution in [3.05, 3.63) is 0 Å². The number of hydrogen-bond acceptors (Lipinski definition) is 3. The number of rotatable bonds is 3. The fourth-order valence-corrected chi connectivity index (χ4v) is 1.74. The molecule has 2 heterocycles. The number of guanidine groups is 1. The molecule has 0 aromatic rings. The van der Waals surface area contributed by atoms with E-state index in [0.717, 1.165) is 19.0 Å². The third kappa shape index (κ3) is 2.04. The second-order valence-electron chi connectivity index (χ2n) is 4.31. The number of hydrogen-bond donors (Lipinski definition) is 3. The first-order valence-corrected chi connectivity index (χ1v) is 5.33. The van der Waals surface area contributed by atoms with Gasteiger partial charge in [0.2, 0.25) is 0 Å². The summed E-state index contributed by atoms with van der Waals surface area (Å²) < 4.78 is 0. The zero-order valence-corrected chi connectivity index (χ0v) is 9.82. The van der Waals surface area contributed by atoms with Gasteiger partial charge in [0.15, 0.2) is 5.96 Å². The smallest absolute Gasteiger partial charge is 0.320 e. The molecular formula is C9H18N6O. The third-order valence-corrected chi connectivity index (χ3v) is 2.73. The molecule has 0 aliphatic carbocycles. The van der Waals surface area contributed by atoms with E-state index in [2.05, 4.69) is 25.8 Å². The van der Waals surface area contributed by atoms with Gasteiger partial charge in [0, 0.05) is 13.6 Å². The molecule has 2 aliphatic heterocycles. The lowest BCUT2D eigenvalue weighted by atomic mass is 10.4. The molecule has 2 saturated heterocycles. The Morgan fingerprint density at radius 3 is 2.75 bits per heavy atom. The van der Waals surface area contributed by atoms with Crippen molar-refractivity contribution >= 4 is 12.0 Å². The first-order chi connectivity index (χ1) is 7.58. The molecule has 0 saturated carbocycles. The van der Waals surface area contributed by atoms with Gasteiger partial charge in [-0.1, -0.05) is 0 Å². The Morgan fingerprint density at radius 1 is 1.38 bits per heavy atom. The lowest BCUT2D eigenvalue weighted by Gasteiger charge is -2.15. The zero-order valence-electron chi connectivity index (χ0n) is 9.82. The molecule has 0 aromatic heterocycles. The van der Waals surface area contributed by atoms with Gasteiger partial charge in [-0.2, -0.15) is 0 Å². The van der Waals surface area contributed by atoms with Gasteiger partial charge < -0.3 is 25.8 Å². The van der Waals surface area contributed by atoms with E-state index in [4.69, 9.17) is 0 Å². The Morgan fingerprint density at radius 2 is 2.12 bits per heavy atom. The standard InChI is InChI=1S/C9H18N6O/c1-14(2)5-4-10-8-11-6-7(13-8)15(3)9(16)12-6/h6-7H,4-5H2,1-3H3,(H,12,16)(H2,10,11,13). The first-order valence-electron chi connectivity index (χ1n) is 5.33. The van der Waals surface area contributed by atoms with Gasteiger partial charge in [0.25, 0.3) is 0 Å². The lowest BCUT2D eigenvalue weighted by molar-refractivity contribution is 0.214. The monoisotopic (exact) mass is 226 g/mol. The molecule has 16 heavy (non-hydrogen) atoms. The number of amides is 2. The van der Waals surface area contributed by atoms with Crippen LogP contribution in [0.5, 0.6) is 0 Å². The number of urea groups is 1. The first kappa shape index (κ1) is 11.0. The van der Waals surface area contributed by atoms with Gasteiger partial charge in [-0.15, -0.1) is 0 Å². The van der Waals surface area contributed by atoms with Crippen LogP contribution in [0.3, 0.4) is 0 Å². The van der Waals surface area contributed by atoms with Crippen LogP contribution in [0.15, 0.2) is 4.99 Å². The number of carbonyl (C=O) groups is 1. The maximum absolute atomic E-state index is 11.3. The average molecular weight is 226 g/mol. The average Bonchev–Trinajstić information content (AvgIpc) is 2.68. The summed E-state index contributed by atoms with van der Waals surface area (Å²) in [6, 6.07) is -0.0673. The second kappa shape index (κ2) is 4.17. The van der Waals surface area contributed by atoms with Crippen LogP contribution >= 0.6 is 0 Å². The highest BCUT2D eigenvalue weighted by atomic mass is 16.2. The van der Waals surface area contributed by atoms with Crippen molar-refractivity contribution in [3.63, 3.8) is 0 Å². The fourth-order valence-electron chi connectivity index (χ4n) is 1.74. The van der Waals surface area contributed by atoms with Crippen molar-refractivity contribution in [2.24, 2.45) is 4.99 Å². The Balaban J connectivity index is 1.88. The molecule has 2 aliphatic rings. The SMILES string of the molecule is CN(C)CCN=C1NC2NC(=O)N(C)C2N1. The molecule has 2 amide bonds. The minimum atomic E-state index is -0.0735. The minimum Gasteiger partial charge on any atom is -0.333 e. The summed E-state index contributed by atoms with van der Waals surface area (Å²) in [4.78, 5) is 19.4. The molecule has 90 valence electrons. The highest BCUT2D eigenvalue weighted by Gasteiger charge is 2.42. The van der Waals surface area contributed by atoms with Crippen LogP contribution in [0.4, 0.5) is 4.79 Å². The van der Waals surface area contributed by atoms with Crippen molar-refractivity contribution in [2.45, 2.75) is 12.3 Å². The van der Waals surface area contributed by atoms with Gasteiger partial charge in [-0.25, -0.2) is 4.79 Å². The number of likely N-dealkylation sites (N-methyl/N-ethyl adjacent to an activating group) is 2. The predicted octanol–water partition coefficient (Wildman–Crippen LogP) is -1.60.